The lowest BCUT2D eigenvalue weighted by molar-refractivity contribution is -0.333. The van der Waals surface area contributed by atoms with E-state index in [1.165, 1.54) is 6.92 Å². The molecule has 0 saturated carbocycles. The van der Waals surface area contributed by atoms with Crippen molar-refractivity contribution in [1.29, 1.82) is 0 Å². The molecule has 0 aliphatic carbocycles. The second kappa shape index (κ2) is 5.97. The summed E-state index contributed by atoms with van der Waals surface area (Å²) in [5.41, 5.74) is -1.88. The van der Waals surface area contributed by atoms with Crippen LogP contribution in [-0.4, -0.2) is 34.0 Å². The summed E-state index contributed by atoms with van der Waals surface area (Å²) in [6.45, 7) is 5.76. The van der Waals surface area contributed by atoms with E-state index in [2.05, 4.69) is 4.89 Å². The van der Waals surface area contributed by atoms with E-state index in [1.54, 1.807) is 0 Å². The maximum atomic E-state index is 11.5. The van der Waals surface area contributed by atoms with Gasteiger partial charge in [-0.1, -0.05) is 0 Å². The van der Waals surface area contributed by atoms with Crippen molar-refractivity contribution in [2.75, 3.05) is 0 Å². The van der Waals surface area contributed by atoms with E-state index in [0.717, 1.165) is 27.7 Å². The molecule has 0 heterocycles. The van der Waals surface area contributed by atoms with Gasteiger partial charge in [-0.05, 0) is 34.6 Å². The minimum Gasteiger partial charge on any atom is -0.299 e. The number of hydrogen-bond acceptors (Lipinski definition) is 6. The second-order valence-electron chi connectivity index (χ2n) is 4.58. The van der Waals surface area contributed by atoms with Crippen molar-refractivity contribution in [1.82, 2.24) is 0 Å². The van der Waals surface area contributed by atoms with Gasteiger partial charge in [-0.3, -0.25) is 24.4 Å². The maximum absolute atomic E-state index is 11.5. The highest BCUT2D eigenvalue weighted by atomic mass is 17.1. The normalized spacial score (nSPS) is 11.8. The topological polar surface area (TPSA) is 97.7 Å². The Bertz CT molecular complexity index is 324. The van der Waals surface area contributed by atoms with E-state index in [1.807, 2.05) is 0 Å². The molecule has 0 fully saturated rings. The lowest BCUT2D eigenvalue weighted by Crippen LogP contribution is -2.54. The molecule has 0 aromatic rings. The highest BCUT2D eigenvalue weighted by Crippen LogP contribution is 2.32. The van der Waals surface area contributed by atoms with Crippen molar-refractivity contribution in [2.24, 2.45) is 11.8 Å². The number of hydrogen-bond donors (Lipinski definition) is 1. The van der Waals surface area contributed by atoms with Crippen LogP contribution in [0, 0.1) is 11.8 Å². The van der Waals surface area contributed by atoms with Crippen LogP contribution >= 0.6 is 0 Å². The third-order valence-electron chi connectivity index (χ3n) is 2.97. The largest absolute Gasteiger partial charge is 0.299 e. The molecule has 0 aliphatic heterocycles. The molecule has 6 nitrogen and oxygen atoms in total. The minimum absolute atomic E-state index is 0.577. The quantitative estimate of drug-likeness (QED) is 0.412. The van der Waals surface area contributed by atoms with Crippen LogP contribution in [0.25, 0.3) is 0 Å². The summed E-state index contributed by atoms with van der Waals surface area (Å²) >= 11 is 0. The third kappa shape index (κ3) is 3.08. The van der Waals surface area contributed by atoms with Crippen molar-refractivity contribution < 1.29 is 29.3 Å². The SMILES string of the molecule is CC(=O)C(C(C)=O)C(C)(OO)C(C(C)=O)C(C)=O. The minimum atomic E-state index is -1.88. The molecule has 0 saturated heterocycles. The first-order valence-electron chi connectivity index (χ1n) is 5.44. The Balaban J connectivity index is 5.84. The summed E-state index contributed by atoms with van der Waals surface area (Å²) in [5.74, 6) is -5.06. The van der Waals surface area contributed by atoms with Crippen LogP contribution in [0.5, 0.6) is 0 Å². The molecule has 0 aromatic heterocycles. The highest BCUT2D eigenvalue weighted by Gasteiger charge is 2.52. The smallest absolute Gasteiger partial charge is 0.143 e. The zero-order valence-electron chi connectivity index (χ0n) is 11.1. The van der Waals surface area contributed by atoms with E-state index in [-0.39, 0.29) is 0 Å². The first-order chi connectivity index (χ1) is 8.09. The fraction of sp³-hybridized carbons (Fsp3) is 0.667. The second-order valence-corrected chi connectivity index (χ2v) is 4.58. The number of carbonyl (C=O) groups is 4. The van der Waals surface area contributed by atoms with Crippen molar-refractivity contribution in [3.63, 3.8) is 0 Å². The molecular formula is C12H18O6. The number of ketones is 4. The van der Waals surface area contributed by atoms with E-state index < -0.39 is 40.6 Å². The highest BCUT2D eigenvalue weighted by molar-refractivity contribution is 6.06. The van der Waals surface area contributed by atoms with Crippen LogP contribution in [0.15, 0.2) is 0 Å². The van der Waals surface area contributed by atoms with Crippen molar-refractivity contribution in [3.05, 3.63) is 0 Å². The van der Waals surface area contributed by atoms with Gasteiger partial charge in [-0.2, -0.15) is 0 Å². The van der Waals surface area contributed by atoms with Crippen LogP contribution in [0.4, 0.5) is 0 Å². The summed E-state index contributed by atoms with van der Waals surface area (Å²) in [6, 6.07) is 0. The standard InChI is InChI=1S/C12H18O6/c1-6(13)10(7(2)14)12(5,18-17)11(8(3)15)9(4)16/h10-11,17H,1-5H3. The average Bonchev–Trinajstić information content (AvgIpc) is 2.14. The summed E-state index contributed by atoms with van der Waals surface area (Å²) in [6.07, 6.45) is 0. The number of Topliss-reactive ketones (excluding diaryl/α,β-unsaturated/α-hetero) is 4. The molecule has 0 amide bonds. The van der Waals surface area contributed by atoms with Crippen LogP contribution in [0.2, 0.25) is 0 Å². The molecule has 0 atom stereocenters. The molecule has 0 bridgehead atoms. The predicted molar refractivity (Wildman–Crippen MR) is 61.8 cm³/mol. The molecule has 1 N–H and O–H groups in total. The molecule has 102 valence electrons. The molecular weight excluding hydrogens is 240 g/mol. The Labute approximate surface area is 105 Å². The first kappa shape index (κ1) is 16.6. The Hall–Kier alpha value is -1.40. The van der Waals surface area contributed by atoms with E-state index >= 15 is 0 Å². The Morgan fingerprint density at radius 3 is 1.17 bits per heavy atom. The van der Waals surface area contributed by atoms with E-state index in [4.69, 9.17) is 5.26 Å². The fourth-order valence-corrected chi connectivity index (χ4v) is 2.46. The zero-order chi connectivity index (χ0) is 14.7. The van der Waals surface area contributed by atoms with E-state index in [9.17, 15) is 19.2 Å². The Morgan fingerprint density at radius 1 is 0.833 bits per heavy atom. The summed E-state index contributed by atoms with van der Waals surface area (Å²) in [7, 11) is 0. The molecule has 18 heavy (non-hydrogen) atoms. The van der Waals surface area contributed by atoms with Gasteiger partial charge in [0.2, 0.25) is 0 Å². The van der Waals surface area contributed by atoms with Gasteiger partial charge in [0.1, 0.15) is 40.6 Å². The van der Waals surface area contributed by atoms with Gasteiger partial charge in [0, 0.05) is 0 Å². The average molecular weight is 258 g/mol. The molecule has 0 aromatic carbocycles. The van der Waals surface area contributed by atoms with Gasteiger partial charge in [-0.15, -0.1) is 0 Å². The van der Waals surface area contributed by atoms with Gasteiger partial charge < -0.3 is 0 Å². The number of carbonyl (C=O) groups excluding carboxylic acids is 4. The van der Waals surface area contributed by atoms with Crippen molar-refractivity contribution in [3.8, 4) is 0 Å². The number of rotatable bonds is 7. The van der Waals surface area contributed by atoms with Gasteiger partial charge in [-0.25, -0.2) is 4.89 Å². The molecule has 0 unspecified atom stereocenters. The van der Waals surface area contributed by atoms with Gasteiger partial charge >= 0.3 is 0 Å². The third-order valence-corrected chi connectivity index (χ3v) is 2.97. The Kier molecular flexibility index (Phi) is 5.51. The first-order valence-corrected chi connectivity index (χ1v) is 5.44. The maximum Gasteiger partial charge on any atom is 0.143 e. The van der Waals surface area contributed by atoms with Crippen LogP contribution in [0.3, 0.4) is 0 Å². The molecule has 0 aliphatic rings. The molecule has 0 spiro atoms. The summed E-state index contributed by atoms with van der Waals surface area (Å²) in [5, 5.41) is 9.01. The molecule has 0 radical (unpaired) electrons. The van der Waals surface area contributed by atoms with Crippen molar-refractivity contribution in [2.45, 2.75) is 40.2 Å². The fourth-order valence-electron chi connectivity index (χ4n) is 2.46. The van der Waals surface area contributed by atoms with Crippen LogP contribution in [0.1, 0.15) is 34.6 Å². The zero-order valence-corrected chi connectivity index (χ0v) is 11.1. The van der Waals surface area contributed by atoms with Crippen LogP contribution in [-0.2, 0) is 24.1 Å². The lowest BCUT2D eigenvalue weighted by atomic mass is 9.71. The van der Waals surface area contributed by atoms with Gasteiger partial charge in [0.05, 0.1) is 0 Å². The molecule has 6 heteroatoms. The summed E-state index contributed by atoms with van der Waals surface area (Å²) in [4.78, 5) is 50.2. The van der Waals surface area contributed by atoms with Crippen molar-refractivity contribution >= 4 is 23.1 Å². The molecule has 0 rings (SSSR count). The van der Waals surface area contributed by atoms with E-state index in [0.29, 0.717) is 0 Å². The predicted octanol–water partition coefficient (Wildman–Crippen LogP) is 0.823. The van der Waals surface area contributed by atoms with Gasteiger partial charge in [0.25, 0.3) is 0 Å². The summed E-state index contributed by atoms with van der Waals surface area (Å²) < 4.78 is 0. The van der Waals surface area contributed by atoms with Crippen LogP contribution < -0.4 is 0 Å². The Morgan fingerprint density at radius 2 is 1.06 bits per heavy atom. The van der Waals surface area contributed by atoms with Gasteiger partial charge in [0.15, 0.2) is 0 Å². The monoisotopic (exact) mass is 258 g/mol. The lowest BCUT2D eigenvalue weighted by Gasteiger charge is -2.36.